The highest BCUT2D eigenvalue weighted by atomic mass is 16.5. The summed E-state index contributed by atoms with van der Waals surface area (Å²) >= 11 is 0. The number of hydrogen-bond donors (Lipinski definition) is 2. The molecule has 8 heteroatoms. The molecule has 1 aromatic carbocycles. The van der Waals surface area contributed by atoms with Gasteiger partial charge in [-0.2, -0.15) is 0 Å². The first-order valence-corrected chi connectivity index (χ1v) is 10.7. The number of ether oxygens (including phenoxy) is 4. The van der Waals surface area contributed by atoms with Crippen LogP contribution < -0.4 is 19.5 Å². The van der Waals surface area contributed by atoms with Gasteiger partial charge in [-0.25, -0.2) is 0 Å². The average molecular weight is 431 g/mol. The molecule has 6 atom stereocenters. The molecule has 5 heterocycles. The van der Waals surface area contributed by atoms with E-state index >= 15 is 0 Å². The summed E-state index contributed by atoms with van der Waals surface area (Å²) in [5.41, 5.74) is 2.04. The molecule has 1 unspecified atom stereocenters. The summed E-state index contributed by atoms with van der Waals surface area (Å²) in [4.78, 5) is 16.1. The van der Waals surface area contributed by atoms with E-state index in [4.69, 9.17) is 18.9 Å². The van der Waals surface area contributed by atoms with E-state index in [1.807, 2.05) is 0 Å². The van der Waals surface area contributed by atoms with Gasteiger partial charge in [0, 0.05) is 49.9 Å². The van der Waals surface area contributed by atoms with E-state index in [-0.39, 0.29) is 36.4 Å². The molecule has 4 saturated heterocycles. The summed E-state index contributed by atoms with van der Waals surface area (Å²) < 4.78 is 22.3. The molecule has 5 aliphatic heterocycles. The van der Waals surface area contributed by atoms with Crippen molar-refractivity contribution in [2.45, 2.75) is 30.3 Å². The van der Waals surface area contributed by atoms with Crippen molar-refractivity contribution in [1.29, 1.82) is 0 Å². The summed E-state index contributed by atoms with van der Waals surface area (Å²) in [6.07, 6.45) is 3.59. The minimum Gasteiger partial charge on any atom is -0.494 e. The molecule has 8 nitrogen and oxygen atoms in total. The normalized spacial score (nSPS) is 36.1. The van der Waals surface area contributed by atoms with Crippen molar-refractivity contribution in [1.82, 2.24) is 4.90 Å². The van der Waals surface area contributed by atoms with Crippen molar-refractivity contribution in [3.8, 4) is 17.2 Å². The van der Waals surface area contributed by atoms with Crippen molar-refractivity contribution in [3.63, 3.8) is 0 Å². The number of rotatable bonds is 6. The first-order chi connectivity index (χ1) is 15.0. The molecule has 5 aliphatic rings. The molecule has 168 valence electrons. The van der Waals surface area contributed by atoms with Gasteiger partial charge in [0.05, 0.1) is 39.0 Å². The predicted molar refractivity (Wildman–Crippen MR) is 114 cm³/mol. The van der Waals surface area contributed by atoms with Crippen molar-refractivity contribution >= 4 is 11.6 Å². The molecule has 6 rings (SSSR count). The van der Waals surface area contributed by atoms with Crippen LogP contribution in [-0.4, -0.2) is 76.2 Å². The molecule has 1 amide bonds. The minimum atomic E-state index is -0.762. The quantitative estimate of drug-likeness (QED) is 0.662. The van der Waals surface area contributed by atoms with E-state index in [9.17, 15) is 9.90 Å². The second-order valence-electron chi connectivity index (χ2n) is 8.87. The van der Waals surface area contributed by atoms with Gasteiger partial charge in [-0.1, -0.05) is 11.6 Å². The summed E-state index contributed by atoms with van der Waals surface area (Å²) in [7, 11) is 6.48. The number of fused-ring (bicyclic) bond motifs is 3. The Bertz CT molecular complexity index is 946. The monoisotopic (exact) mass is 430 g/mol. The van der Waals surface area contributed by atoms with Crippen molar-refractivity contribution < 1.29 is 28.8 Å². The maximum atomic E-state index is 13.7. The van der Waals surface area contributed by atoms with E-state index in [0.717, 1.165) is 18.5 Å². The van der Waals surface area contributed by atoms with Gasteiger partial charge in [-0.3, -0.25) is 9.69 Å². The second kappa shape index (κ2) is 7.39. The smallest absolute Gasteiger partial charge is 0.237 e. The van der Waals surface area contributed by atoms with Crippen LogP contribution in [0.25, 0.3) is 0 Å². The number of benzene rings is 1. The maximum absolute atomic E-state index is 13.7. The van der Waals surface area contributed by atoms with Gasteiger partial charge < -0.3 is 29.4 Å². The van der Waals surface area contributed by atoms with Crippen molar-refractivity contribution in [3.05, 3.63) is 23.3 Å². The van der Waals surface area contributed by atoms with Crippen molar-refractivity contribution in [2.75, 3.05) is 53.5 Å². The number of methoxy groups -OCH3 is 4. The summed E-state index contributed by atoms with van der Waals surface area (Å²) in [5, 5.41) is 13.4. The Balaban J connectivity index is 1.67. The third-order valence-corrected chi connectivity index (χ3v) is 7.92. The van der Waals surface area contributed by atoms with E-state index in [2.05, 4.69) is 16.3 Å². The van der Waals surface area contributed by atoms with Gasteiger partial charge in [0.15, 0.2) is 11.5 Å². The lowest BCUT2D eigenvalue weighted by molar-refractivity contribution is -0.122. The van der Waals surface area contributed by atoms with Crippen LogP contribution >= 0.6 is 0 Å². The minimum absolute atomic E-state index is 0.0217. The second-order valence-corrected chi connectivity index (χ2v) is 8.87. The first kappa shape index (κ1) is 20.6. The standard InChI is InChI=1S/C23H30N2O6/c1-28-6-5-12-10-25-15-9-23(18(25)7-13(12)14(15)11-26)19-20(24-22(23)27)16(29-2)8-17(30-3)21(19)31-4/h5,8,13-15,18,26H,6-7,9-11H2,1-4H3,(H,24,27)/b12-5+/t13-,14-,15-,18-,23+/m0/s1. The number of carbonyl (C=O) groups excluding carboxylic acids is 1. The fourth-order valence-electron chi connectivity index (χ4n) is 6.68. The Kier molecular flexibility index (Phi) is 4.91. The third-order valence-electron chi connectivity index (χ3n) is 7.92. The molecule has 1 spiro atoms. The zero-order valence-electron chi connectivity index (χ0n) is 18.4. The summed E-state index contributed by atoms with van der Waals surface area (Å²) in [6, 6.07) is 1.91. The lowest BCUT2D eigenvalue weighted by atomic mass is 9.69. The SMILES string of the molecule is COC/C=C1\CN2[C@H]3C[C@@H]1[C@H](CO)[C@@H]2C[C@@]31C(=O)Nc2c(OC)cc(OC)c(OC)c21. The van der Waals surface area contributed by atoms with Gasteiger partial charge in [-0.15, -0.1) is 0 Å². The molecule has 0 aromatic heterocycles. The van der Waals surface area contributed by atoms with Crippen LogP contribution in [0, 0.1) is 11.8 Å². The largest absolute Gasteiger partial charge is 0.494 e. The number of nitrogens with one attached hydrogen (secondary N) is 1. The number of nitrogens with zero attached hydrogens (tertiary/aromatic N) is 1. The Morgan fingerprint density at radius 2 is 2.00 bits per heavy atom. The lowest BCUT2D eigenvalue weighted by Crippen LogP contribution is -2.59. The van der Waals surface area contributed by atoms with Crippen LogP contribution in [-0.2, 0) is 14.9 Å². The average Bonchev–Trinajstić information content (AvgIpc) is 3.22. The summed E-state index contributed by atoms with van der Waals surface area (Å²) in [6.45, 7) is 1.46. The number of piperidine rings is 3. The topological polar surface area (TPSA) is 89.5 Å². The highest BCUT2D eigenvalue weighted by Gasteiger charge is 2.68. The third kappa shape index (κ3) is 2.55. The molecule has 4 bridgehead atoms. The highest BCUT2D eigenvalue weighted by molar-refractivity contribution is 6.10. The van der Waals surface area contributed by atoms with Gasteiger partial charge in [0.2, 0.25) is 5.91 Å². The van der Waals surface area contributed by atoms with Crippen LogP contribution in [0.3, 0.4) is 0 Å². The first-order valence-electron chi connectivity index (χ1n) is 10.7. The summed E-state index contributed by atoms with van der Waals surface area (Å²) in [5.74, 6) is 2.02. The van der Waals surface area contributed by atoms with Crippen LogP contribution in [0.1, 0.15) is 18.4 Å². The van der Waals surface area contributed by atoms with E-state index in [0.29, 0.717) is 36.0 Å². The fourth-order valence-corrected chi connectivity index (χ4v) is 6.68. The molecular weight excluding hydrogens is 400 g/mol. The zero-order chi connectivity index (χ0) is 21.9. The van der Waals surface area contributed by atoms with Crippen LogP contribution in [0.2, 0.25) is 0 Å². The molecule has 4 fully saturated rings. The van der Waals surface area contributed by atoms with Crippen molar-refractivity contribution in [2.24, 2.45) is 11.8 Å². The Hall–Kier alpha value is -2.29. The van der Waals surface area contributed by atoms with Crippen LogP contribution in [0.5, 0.6) is 17.2 Å². The predicted octanol–water partition coefficient (Wildman–Crippen LogP) is 1.56. The van der Waals surface area contributed by atoms with E-state index < -0.39 is 5.41 Å². The molecule has 2 N–H and O–H groups in total. The number of aliphatic hydroxyl groups excluding tert-OH is 1. The Morgan fingerprint density at radius 1 is 1.23 bits per heavy atom. The number of carbonyl (C=O) groups is 1. The van der Waals surface area contributed by atoms with Gasteiger partial charge >= 0.3 is 0 Å². The number of aliphatic hydroxyl groups is 1. The van der Waals surface area contributed by atoms with Crippen LogP contribution in [0.4, 0.5) is 5.69 Å². The van der Waals surface area contributed by atoms with Gasteiger partial charge in [0.25, 0.3) is 0 Å². The van der Waals surface area contributed by atoms with E-state index in [1.54, 1.807) is 34.5 Å². The highest BCUT2D eigenvalue weighted by Crippen LogP contribution is 2.64. The lowest BCUT2D eigenvalue weighted by Gasteiger charge is -2.52. The molecule has 31 heavy (non-hydrogen) atoms. The van der Waals surface area contributed by atoms with E-state index in [1.165, 1.54) is 5.57 Å². The number of anilines is 1. The number of hydrogen-bond acceptors (Lipinski definition) is 7. The molecular formula is C23H30N2O6. The van der Waals surface area contributed by atoms with Gasteiger partial charge in [0.1, 0.15) is 5.75 Å². The van der Waals surface area contributed by atoms with Crippen LogP contribution in [0.15, 0.2) is 17.7 Å². The molecule has 0 aliphatic carbocycles. The maximum Gasteiger partial charge on any atom is 0.237 e. The van der Waals surface area contributed by atoms with Gasteiger partial charge in [-0.05, 0) is 18.8 Å². The molecule has 0 saturated carbocycles. The zero-order valence-corrected chi connectivity index (χ0v) is 18.4. The Labute approximate surface area is 182 Å². The number of amides is 1. The Morgan fingerprint density at radius 3 is 2.65 bits per heavy atom. The molecule has 1 aromatic rings. The fraction of sp³-hybridized carbons (Fsp3) is 0.609. The molecule has 0 radical (unpaired) electrons.